The molecule has 0 spiro atoms. The van der Waals surface area contributed by atoms with E-state index in [-0.39, 0.29) is 0 Å². The molecule has 4 heteroatoms. The average Bonchev–Trinajstić information content (AvgIpc) is 2.91. The first kappa shape index (κ1) is 14.3. The largest absolute Gasteiger partial charge is 0.352 e. The van der Waals surface area contributed by atoms with Crippen LogP contribution in [-0.4, -0.2) is 29.8 Å². The molecule has 2 rings (SSSR count). The van der Waals surface area contributed by atoms with Crippen LogP contribution >= 0.6 is 0 Å². The zero-order valence-electron chi connectivity index (χ0n) is 12.4. The summed E-state index contributed by atoms with van der Waals surface area (Å²) in [5, 5.41) is 11.8. The van der Waals surface area contributed by atoms with Crippen LogP contribution in [0.25, 0.3) is 0 Å². The van der Waals surface area contributed by atoms with E-state index in [4.69, 9.17) is 0 Å². The monoisotopic (exact) mass is 262 g/mol. The first-order valence-electron chi connectivity index (χ1n) is 7.44. The summed E-state index contributed by atoms with van der Waals surface area (Å²) in [6.07, 6.45) is 5.30. The fraction of sp³-hybridized carbons (Fsp3) is 0.733. The standard InChI is InChI=1S/C15H26N4/c1-12(2)11-19(14-6-4-5-7-14)15-9-8-13(10-16-3)17-18-15/h8-9,12,14,16H,4-7,10-11H2,1-3H3. The Morgan fingerprint density at radius 3 is 2.53 bits per heavy atom. The molecule has 1 heterocycles. The van der Waals surface area contributed by atoms with Gasteiger partial charge in [-0.15, -0.1) is 5.10 Å². The highest BCUT2D eigenvalue weighted by molar-refractivity contribution is 5.39. The van der Waals surface area contributed by atoms with Gasteiger partial charge >= 0.3 is 0 Å². The Morgan fingerprint density at radius 1 is 1.26 bits per heavy atom. The summed E-state index contributed by atoms with van der Waals surface area (Å²) in [6.45, 7) is 6.39. The van der Waals surface area contributed by atoms with Gasteiger partial charge in [-0.1, -0.05) is 26.7 Å². The van der Waals surface area contributed by atoms with Gasteiger partial charge in [0.1, 0.15) is 0 Å². The third-order valence-electron chi connectivity index (χ3n) is 3.69. The number of hydrogen-bond donors (Lipinski definition) is 1. The highest BCUT2D eigenvalue weighted by Gasteiger charge is 2.24. The third-order valence-corrected chi connectivity index (χ3v) is 3.69. The predicted molar refractivity (Wildman–Crippen MR) is 79.2 cm³/mol. The first-order valence-corrected chi connectivity index (χ1v) is 7.44. The summed E-state index contributed by atoms with van der Waals surface area (Å²) < 4.78 is 0. The van der Waals surface area contributed by atoms with Crippen LogP contribution in [0.5, 0.6) is 0 Å². The van der Waals surface area contributed by atoms with Crippen molar-refractivity contribution in [3.8, 4) is 0 Å². The molecule has 1 aromatic rings. The van der Waals surface area contributed by atoms with Crippen molar-refractivity contribution >= 4 is 5.82 Å². The van der Waals surface area contributed by atoms with Gasteiger partial charge in [-0.3, -0.25) is 0 Å². The Bertz CT molecular complexity index is 368. The molecule has 0 bridgehead atoms. The van der Waals surface area contributed by atoms with E-state index in [1.807, 2.05) is 7.05 Å². The number of hydrogen-bond acceptors (Lipinski definition) is 4. The SMILES string of the molecule is CNCc1ccc(N(CC(C)C)C2CCCC2)nn1. The summed E-state index contributed by atoms with van der Waals surface area (Å²) in [4.78, 5) is 2.47. The zero-order chi connectivity index (χ0) is 13.7. The lowest BCUT2D eigenvalue weighted by Gasteiger charge is -2.31. The second kappa shape index (κ2) is 6.85. The first-order chi connectivity index (χ1) is 9.20. The van der Waals surface area contributed by atoms with E-state index in [0.717, 1.165) is 24.6 Å². The van der Waals surface area contributed by atoms with Gasteiger partial charge < -0.3 is 10.2 Å². The number of anilines is 1. The van der Waals surface area contributed by atoms with Crippen LogP contribution in [0, 0.1) is 5.92 Å². The maximum absolute atomic E-state index is 4.43. The summed E-state index contributed by atoms with van der Waals surface area (Å²) >= 11 is 0. The molecule has 0 unspecified atom stereocenters. The summed E-state index contributed by atoms with van der Waals surface area (Å²) in [7, 11) is 1.93. The molecule has 1 N–H and O–H groups in total. The highest BCUT2D eigenvalue weighted by Crippen LogP contribution is 2.27. The Hall–Kier alpha value is -1.16. The van der Waals surface area contributed by atoms with Crippen LogP contribution in [0.4, 0.5) is 5.82 Å². The Labute approximate surface area is 116 Å². The molecule has 0 saturated heterocycles. The molecule has 1 aliphatic rings. The molecule has 106 valence electrons. The summed E-state index contributed by atoms with van der Waals surface area (Å²) in [5.74, 6) is 1.69. The van der Waals surface area contributed by atoms with Crippen molar-refractivity contribution in [2.24, 2.45) is 5.92 Å². The number of rotatable bonds is 6. The van der Waals surface area contributed by atoms with E-state index in [2.05, 4.69) is 46.4 Å². The van der Waals surface area contributed by atoms with Gasteiger partial charge in [0.05, 0.1) is 5.69 Å². The molecule has 0 amide bonds. The predicted octanol–water partition coefficient (Wildman–Crippen LogP) is 2.60. The van der Waals surface area contributed by atoms with Crippen molar-refractivity contribution in [1.29, 1.82) is 0 Å². The van der Waals surface area contributed by atoms with E-state index in [1.165, 1.54) is 25.7 Å². The minimum atomic E-state index is 0.652. The fourth-order valence-electron chi connectivity index (χ4n) is 2.82. The number of nitrogens with one attached hydrogen (secondary N) is 1. The molecule has 0 radical (unpaired) electrons. The minimum Gasteiger partial charge on any atom is -0.352 e. The van der Waals surface area contributed by atoms with E-state index in [1.54, 1.807) is 0 Å². The van der Waals surface area contributed by atoms with Crippen molar-refractivity contribution in [2.45, 2.75) is 52.1 Å². The van der Waals surface area contributed by atoms with Crippen molar-refractivity contribution in [1.82, 2.24) is 15.5 Å². The lowest BCUT2D eigenvalue weighted by atomic mass is 10.1. The van der Waals surface area contributed by atoms with E-state index in [0.29, 0.717) is 12.0 Å². The Morgan fingerprint density at radius 2 is 2.00 bits per heavy atom. The quantitative estimate of drug-likeness (QED) is 0.855. The molecule has 0 aliphatic heterocycles. The van der Waals surface area contributed by atoms with Gasteiger partial charge in [0, 0.05) is 19.1 Å². The summed E-state index contributed by atoms with van der Waals surface area (Å²) in [5.41, 5.74) is 1.00. The lowest BCUT2D eigenvalue weighted by Crippen LogP contribution is -2.37. The molecule has 0 atom stereocenters. The lowest BCUT2D eigenvalue weighted by molar-refractivity contribution is 0.528. The van der Waals surface area contributed by atoms with Crippen LogP contribution in [0.15, 0.2) is 12.1 Å². The molecule has 1 saturated carbocycles. The van der Waals surface area contributed by atoms with Crippen LogP contribution in [0.2, 0.25) is 0 Å². The molecular formula is C15H26N4. The van der Waals surface area contributed by atoms with Crippen molar-refractivity contribution < 1.29 is 0 Å². The van der Waals surface area contributed by atoms with Gasteiger partial charge in [0.15, 0.2) is 5.82 Å². The van der Waals surface area contributed by atoms with E-state index in [9.17, 15) is 0 Å². The van der Waals surface area contributed by atoms with Gasteiger partial charge in [0.2, 0.25) is 0 Å². The Balaban J connectivity index is 2.12. The third kappa shape index (κ3) is 3.90. The van der Waals surface area contributed by atoms with Crippen LogP contribution in [0.3, 0.4) is 0 Å². The second-order valence-electron chi connectivity index (χ2n) is 5.90. The Kier molecular flexibility index (Phi) is 5.14. The fourth-order valence-corrected chi connectivity index (χ4v) is 2.82. The van der Waals surface area contributed by atoms with Gasteiger partial charge in [-0.2, -0.15) is 5.10 Å². The van der Waals surface area contributed by atoms with Crippen LogP contribution < -0.4 is 10.2 Å². The molecule has 1 aliphatic carbocycles. The molecular weight excluding hydrogens is 236 g/mol. The van der Waals surface area contributed by atoms with Gasteiger partial charge in [-0.05, 0) is 37.9 Å². The molecule has 4 nitrogen and oxygen atoms in total. The second-order valence-corrected chi connectivity index (χ2v) is 5.90. The number of nitrogens with zero attached hydrogens (tertiary/aromatic N) is 3. The number of aromatic nitrogens is 2. The van der Waals surface area contributed by atoms with Gasteiger partial charge in [-0.25, -0.2) is 0 Å². The smallest absolute Gasteiger partial charge is 0.151 e. The maximum Gasteiger partial charge on any atom is 0.151 e. The zero-order valence-corrected chi connectivity index (χ0v) is 12.4. The van der Waals surface area contributed by atoms with Gasteiger partial charge in [0.25, 0.3) is 0 Å². The van der Waals surface area contributed by atoms with Crippen molar-refractivity contribution in [3.05, 3.63) is 17.8 Å². The van der Waals surface area contributed by atoms with Crippen molar-refractivity contribution in [3.63, 3.8) is 0 Å². The maximum atomic E-state index is 4.43. The molecule has 1 aromatic heterocycles. The molecule has 1 fully saturated rings. The van der Waals surface area contributed by atoms with E-state index < -0.39 is 0 Å². The minimum absolute atomic E-state index is 0.652. The molecule has 19 heavy (non-hydrogen) atoms. The van der Waals surface area contributed by atoms with Crippen molar-refractivity contribution in [2.75, 3.05) is 18.5 Å². The van der Waals surface area contributed by atoms with E-state index >= 15 is 0 Å². The van der Waals surface area contributed by atoms with Crippen LogP contribution in [-0.2, 0) is 6.54 Å². The summed E-state index contributed by atoms with van der Waals surface area (Å²) in [6, 6.07) is 4.87. The highest BCUT2D eigenvalue weighted by atomic mass is 15.3. The normalized spacial score (nSPS) is 16.2. The topological polar surface area (TPSA) is 41.0 Å². The molecule has 0 aromatic carbocycles. The van der Waals surface area contributed by atoms with Crippen LogP contribution in [0.1, 0.15) is 45.2 Å². The average molecular weight is 262 g/mol.